The summed E-state index contributed by atoms with van der Waals surface area (Å²) in [4.78, 5) is 12.2. The molecule has 0 saturated heterocycles. The molecular weight excluding hydrogens is 300 g/mol. The molecule has 2 aromatic carbocycles. The summed E-state index contributed by atoms with van der Waals surface area (Å²) in [6.45, 7) is 8.78. The molecule has 0 aromatic heterocycles. The van der Waals surface area contributed by atoms with E-state index in [1.165, 1.54) is 6.08 Å². The number of rotatable bonds is 5. The normalized spacial score (nSPS) is 11.5. The lowest BCUT2D eigenvalue weighted by atomic mass is 9.86. The first-order valence-electron chi connectivity index (χ1n) is 8.13. The topological polar surface area (TPSA) is 35.5 Å². The number of carbonyl (C=O) groups is 1. The number of benzene rings is 2. The summed E-state index contributed by atoms with van der Waals surface area (Å²) in [6, 6.07) is 15.2. The van der Waals surface area contributed by atoms with Crippen LogP contribution in [0.4, 0.5) is 0 Å². The van der Waals surface area contributed by atoms with Gasteiger partial charge >= 0.3 is 5.97 Å². The van der Waals surface area contributed by atoms with E-state index in [9.17, 15) is 4.79 Å². The Morgan fingerprint density at radius 2 is 1.62 bits per heavy atom. The number of hydrogen-bond donors (Lipinski definition) is 0. The summed E-state index contributed by atoms with van der Waals surface area (Å²) in [5.41, 5.74) is 1.75. The van der Waals surface area contributed by atoms with Crippen LogP contribution in [0.2, 0.25) is 0 Å². The first kappa shape index (κ1) is 17.8. The average Bonchev–Trinajstić information content (AvgIpc) is 2.54. The molecule has 3 nitrogen and oxygen atoms in total. The molecule has 0 aliphatic heterocycles. The lowest BCUT2D eigenvalue weighted by molar-refractivity contribution is -0.128. The summed E-state index contributed by atoms with van der Waals surface area (Å²) in [5.74, 6) is 0.940. The largest absolute Gasteiger partial charge is 0.493 e. The van der Waals surface area contributed by atoms with Gasteiger partial charge in [0.1, 0.15) is 11.5 Å². The molecule has 3 heteroatoms. The fourth-order valence-corrected chi connectivity index (χ4v) is 2.38. The van der Waals surface area contributed by atoms with Crippen LogP contribution in [0.3, 0.4) is 0 Å². The van der Waals surface area contributed by atoms with Crippen molar-refractivity contribution in [3.05, 3.63) is 65.7 Å². The lowest BCUT2D eigenvalue weighted by Gasteiger charge is -2.21. The second-order valence-electron chi connectivity index (χ2n) is 6.47. The fraction of sp³-hybridized carbons (Fsp3) is 0.286. The van der Waals surface area contributed by atoms with Gasteiger partial charge < -0.3 is 9.47 Å². The van der Waals surface area contributed by atoms with E-state index in [1.54, 1.807) is 6.08 Å². The minimum absolute atomic E-state index is 0.0951. The SMILES string of the molecule is CCOc1ccccc1/C=C/C(=O)Oc1ccccc1C(C)(C)C. The highest BCUT2D eigenvalue weighted by Gasteiger charge is 2.19. The van der Waals surface area contributed by atoms with Crippen LogP contribution in [-0.4, -0.2) is 12.6 Å². The lowest BCUT2D eigenvalue weighted by Crippen LogP contribution is -2.15. The Kier molecular flexibility index (Phi) is 5.80. The van der Waals surface area contributed by atoms with Crippen molar-refractivity contribution in [2.45, 2.75) is 33.1 Å². The molecule has 0 aliphatic rings. The Bertz CT molecular complexity index is 724. The van der Waals surface area contributed by atoms with Crippen LogP contribution in [0.25, 0.3) is 6.08 Å². The van der Waals surface area contributed by atoms with Gasteiger partial charge in [-0.2, -0.15) is 0 Å². The number of carbonyl (C=O) groups excluding carboxylic acids is 1. The van der Waals surface area contributed by atoms with E-state index in [-0.39, 0.29) is 5.41 Å². The van der Waals surface area contributed by atoms with Crippen LogP contribution >= 0.6 is 0 Å². The highest BCUT2D eigenvalue weighted by Crippen LogP contribution is 2.31. The van der Waals surface area contributed by atoms with Crippen LogP contribution in [-0.2, 0) is 10.2 Å². The molecule has 0 unspecified atom stereocenters. The van der Waals surface area contributed by atoms with Gasteiger partial charge in [0.25, 0.3) is 0 Å². The fourth-order valence-electron chi connectivity index (χ4n) is 2.38. The first-order valence-corrected chi connectivity index (χ1v) is 8.13. The van der Waals surface area contributed by atoms with Crippen LogP contribution in [0, 0.1) is 0 Å². The van der Waals surface area contributed by atoms with Crippen molar-refractivity contribution in [1.29, 1.82) is 0 Å². The first-order chi connectivity index (χ1) is 11.4. The number of ether oxygens (including phenoxy) is 2. The summed E-state index contributed by atoms with van der Waals surface area (Å²) in [7, 11) is 0. The molecule has 0 saturated carbocycles. The zero-order valence-corrected chi connectivity index (χ0v) is 14.7. The van der Waals surface area contributed by atoms with Crippen molar-refractivity contribution < 1.29 is 14.3 Å². The molecule has 0 N–H and O–H groups in total. The quantitative estimate of drug-likeness (QED) is 0.441. The standard InChI is InChI=1S/C21H24O3/c1-5-23-18-12-8-6-10-16(18)14-15-20(22)24-19-13-9-7-11-17(19)21(2,3)4/h6-15H,5H2,1-4H3/b15-14+. The van der Waals surface area contributed by atoms with Crippen LogP contribution in [0.5, 0.6) is 11.5 Å². The van der Waals surface area contributed by atoms with Crippen molar-refractivity contribution in [2.24, 2.45) is 0 Å². The van der Waals surface area contributed by atoms with E-state index in [0.29, 0.717) is 12.4 Å². The summed E-state index contributed by atoms with van der Waals surface area (Å²) >= 11 is 0. The van der Waals surface area contributed by atoms with Gasteiger partial charge in [0.05, 0.1) is 6.61 Å². The number of esters is 1. The summed E-state index contributed by atoms with van der Waals surface area (Å²) in [5, 5.41) is 0. The summed E-state index contributed by atoms with van der Waals surface area (Å²) in [6.07, 6.45) is 3.14. The molecular formula is C21H24O3. The molecule has 2 rings (SSSR count). The second-order valence-corrected chi connectivity index (χ2v) is 6.47. The maximum Gasteiger partial charge on any atom is 0.336 e. The van der Waals surface area contributed by atoms with Crippen molar-refractivity contribution in [3.63, 3.8) is 0 Å². The minimum Gasteiger partial charge on any atom is -0.493 e. The molecule has 0 spiro atoms. The highest BCUT2D eigenvalue weighted by atomic mass is 16.5. The van der Waals surface area contributed by atoms with E-state index in [2.05, 4.69) is 20.8 Å². The van der Waals surface area contributed by atoms with Crippen LogP contribution < -0.4 is 9.47 Å². The van der Waals surface area contributed by atoms with E-state index < -0.39 is 5.97 Å². The monoisotopic (exact) mass is 324 g/mol. The van der Waals surface area contributed by atoms with Gasteiger partial charge in [-0.05, 0) is 30.5 Å². The van der Waals surface area contributed by atoms with Crippen molar-refractivity contribution >= 4 is 12.0 Å². The molecule has 0 atom stereocenters. The Balaban J connectivity index is 2.15. The zero-order valence-electron chi connectivity index (χ0n) is 14.7. The third-order valence-corrected chi connectivity index (χ3v) is 3.52. The van der Waals surface area contributed by atoms with Crippen LogP contribution in [0.1, 0.15) is 38.8 Å². The molecule has 0 aliphatic carbocycles. The van der Waals surface area contributed by atoms with E-state index in [1.807, 2.05) is 55.5 Å². The van der Waals surface area contributed by atoms with E-state index in [4.69, 9.17) is 9.47 Å². The predicted octanol–water partition coefficient (Wildman–Crippen LogP) is 5.00. The van der Waals surface area contributed by atoms with Crippen molar-refractivity contribution in [3.8, 4) is 11.5 Å². The molecule has 2 aromatic rings. The molecule has 126 valence electrons. The molecule has 0 heterocycles. The molecule has 24 heavy (non-hydrogen) atoms. The van der Waals surface area contributed by atoms with Gasteiger partial charge in [-0.25, -0.2) is 4.79 Å². The Hall–Kier alpha value is -2.55. The van der Waals surface area contributed by atoms with Gasteiger partial charge in [0, 0.05) is 17.2 Å². The van der Waals surface area contributed by atoms with Crippen molar-refractivity contribution in [1.82, 2.24) is 0 Å². The van der Waals surface area contributed by atoms with Gasteiger partial charge in [0.15, 0.2) is 0 Å². The predicted molar refractivity (Wildman–Crippen MR) is 97.4 cm³/mol. The summed E-state index contributed by atoms with van der Waals surface area (Å²) < 4.78 is 11.1. The second kappa shape index (κ2) is 7.82. The van der Waals surface area contributed by atoms with Crippen LogP contribution in [0.15, 0.2) is 54.6 Å². The average molecular weight is 324 g/mol. The Morgan fingerprint density at radius 3 is 2.29 bits per heavy atom. The Morgan fingerprint density at radius 1 is 1.00 bits per heavy atom. The molecule has 0 radical (unpaired) electrons. The number of hydrogen-bond acceptors (Lipinski definition) is 3. The minimum atomic E-state index is -0.405. The van der Waals surface area contributed by atoms with E-state index >= 15 is 0 Å². The van der Waals surface area contributed by atoms with Gasteiger partial charge in [-0.15, -0.1) is 0 Å². The Labute approximate surface area is 143 Å². The van der Waals surface area contributed by atoms with Crippen molar-refractivity contribution in [2.75, 3.05) is 6.61 Å². The highest BCUT2D eigenvalue weighted by molar-refractivity contribution is 5.89. The molecule has 0 bridgehead atoms. The number of para-hydroxylation sites is 2. The molecule has 0 amide bonds. The third-order valence-electron chi connectivity index (χ3n) is 3.52. The zero-order chi connectivity index (χ0) is 17.6. The smallest absolute Gasteiger partial charge is 0.336 e. The van der Waals surface area contributed by atoms with Gasteiger partial charge in [0.2, 0.25) is 0 Å². The maximum atomic E-state index is 12.2. The third kappa shape index (κ3) is 4.72. The maximum absolute atomic E-state index is 12.2. The van der Waals surface area contributed by atoms with Gasteiger partial charge in [-0.1, -0.05) is 57.2 Å². The van der Waals surface area contributed by atoms with Gasteiger partial charge in [-0.3, -0.25) is 0 Å². The molecule has 0 fully saturated rings. The van der Waals surface area contributed by atoms with E-state index in [0.717, 1.165) is 16.9 Å².